The molecule has 0 aromatic heterocycles. The first-order valence-corrected chi connectivity index (χ1v) is 27.8. The minimum Gasteiger partial charge on any atom is -0.462 e. The van der Waals surface area contributed by atoms with Gasteiger partial charge in [-0.05, 0) is 109 Å². The Morgan fingerprint density at radius 3 is 0.908 bits per heavy atom. The van der Waals surface area contributed by atoms with E-state index in [1.807, 2.05) is 0 Å². The van der Waals surface area contributed by atoms with Crippen molar-refractivity contribution in [3.8, 4) is 0 Å². The molecule has 0 spiro atoms. The third-order valence-corrected chi connectivity index (χ3v) is 12.0. The Morgan fingerprint density at radius 2 is 0.554 bits per heavy atom. The van der Waals surface area contributed by atoms with Gasteiger partial charge in [0.15, 0.2) is 6.10 Å². The van der Waals surface area contributed by atoms with Crippen molar-refractivity contribution in [2.24, 2.45) is 0 Å². The van der Waals surface area contributed by atoms with E-state index in [-0.39, 0.29) is 31.1 Å². The molecule has 0 N–H and O–H groups in total. The van der Waals surface area contributed by atoms with Crippen molar-refractivity contribution in [2.45, 2.75) is 284 Å². The van der Waals surface area contributed by atoms with E-state index in [2.05, 4.69) is 81.5 Å². The monoisotopic (exact) mass is 909 g/mol. The van der Waals surface area contributed by atoms with E-state index in [0.717, 1.165) is 103 Å². The van der Waals surface area contributed by atoms with Crippen molar-refractivity contribution in [1.82, 2.24) is 0 Å². The van der Waals surface area contributed by atoms with Gasteiger partial charge in [-0.1, -0.05) is 210 Å². The lowest BCUT2D eigenvalue weighted by Gasteiger charge is -2.18. The molecule has 6 heteroatoms. The molecule has 0 amide bonds. The Morgan fingerprint density at radius 1 is 0.308 bits per heavy atom. The third-order valence-electron chi connectivity index (χ3n) is 12.0. The minimum atomic E-state index is -0.790. The van der Waals surface area contributed by atoms with Crippen LogP contribution in [0.2, 0.25) is 0 Å². The number of hydrogen-bond donors (Lipinski definition) is 0. The van der Waals surface area contributed by atoms with E-state index in [1.165, 1.54) is 135 Å². The fraction of sp³-hybridized carbons (Fsp3) is 0.780. The molecule has 0 aromatic carbocycles. The quantitative estimate of drug-likeness (QED) is 0.0262. The first-order chi connectivity index (χ1) is 32.0. The number of rotatable bonds is 50. The second kappa shape index (κ2) is 53.7. The summed E-state index contributed by atoms with van der Waals surface area (Å²) in [4.78, 5) is 38.1. The van der Waals surface area contributed by atoms with Gasteiger partial charge in [-0.15, -0.1) is 0 Å². The van der Waals surface area contributed by atoms with Gasteiger partial charge in [-0.2, -0.15) is 0 Å². The number of carbonyl (C=O) groups excluding carboxylic acids is 3. The molecule has 0 aliphatic carbocycles. The molecule has 0 heterocycles. The molecule has 0 fully saturated rings. The molecule has 1 atom stereocenters. The summed E-state index contributed by atoms with van der Waals surface area (Å²) in [5.74, 6) is -0.919. The molecule has 0 saturated heterocycles. The van der Waals surface area contributed by atoms with Gasteiger partial charge < -0.3 is 14.2 Å². The van der Waals surface area contributed by atoms with Gasteiger partial charge in [0.25, 0.3) is 0 Å². The Hall–Kier alpha value is -2.89. The molecule has 376 valence electrons. The van der Waals surface area contributed by atoms with Gasteiger partial charge in [0.05, 0.1) is 0 Å². The summed E-state index contributed by atoms with van der Waals surface area (Å²) in [7, 11) is 0. The van der Waals surface area contributed by atoms with Gasteiger partial charge in [-0.25, -0.2) is 0 Å². The van der Waals surface area contributed by atoms with Gasteiger partial charge in [0.2, 0.25) is 0 Å². The molecule has 0 radical (unpaired) electrons. The molecule has 0 rings (SSSR count). The number of ether oxygens (including phenoxy) is 3. The van der Waals surface area contributed by atoms with Crippen LogP contribution in [-0.2, 0) is 28.6 Å². The molecule has 65 heavy (non-hydrogen) atoms. The van der Waals surface area contributed by atoms with E-state index in [0.29, 0.717) is 19.3 Å². The molecule has 6 nitrogen and oxygen atoms in total. The lowest BCUT2D eigenvalue weighted by atomic mass is 10.1. The number of unbranched alkanes of at least 4 members (excludes halogenated alkanes) is 29. The van der Waals surface area contributed by atoms with Crippen molar-refractivity contribution in [1.29, 1.82) is 0 Å². The van der Waals surface area contributed by atoms with Gasteiger partial charge in [-0.3, -0.25) is 14.4 Å². The van der Waals surface area contributed by atoms with Crippen LogP contribution in [0.15, 0.2) is 60.8 Å². The maximum absolute atomic E-state index is 12.8. The highest BCUT2D eigenvalue weighted by Crippen LogP contribution is 2.14. The number of carbonyl (C=O) groups is 3. The van der Waals surface area contributed by atoms with Crippen molar-refractivity contribution in [2.75, 3.05) is 13.2 Å². The van der Waals surface area contributed by atoms with Crippen LogP contribution in [0, 0.1) is 0 Å². The van der Waals surface area contributed by atoms with Crippen LogP contribution in [-0.4, -0.2) is 37.2 Å². The standard InChI is InChI=1S/C59H104O6/c1-4-7-10-13-16-19-22-25-28-30-32-34-37-40-43-46-49-52-58(61)64-55-56(54-63-57(60)51-48-45-42-39-36-33-27-24-21-18-15-12-9-6-3)65-59(62)53-50-47-44-41-38-35-31-29-26-23-20-17-14-11-8-5-2/h16,19,24-25,27-29,31-32,34,56H,4-15,17-18,20-23,26,30,33,35-55H2,1-3H3/b19-16-,27-24-,28-25-,31-29-,34-32-/t56-/m1/s1. The van der Waals surface area contributed by atoms with Crippen molar-refractivity contribution < 1.29 is 28.6 Å². The Balaban J connectivity index is 4.44. The number of esters is 3. The fourth-order valence-electron chi connectivity index (χ4n) is 7.73. The van der Waals surface area contributed by atoms with E-state index in [1.54, 1.807) is 0 Å². The lowest BCUT2D eigenvalue weighted by molar-refractivity contribution is -0.167. The summed E-state index contributed by atoms with van der Waals surface area (Å²) >= 11 is 0. The summed E-state index contributed by atoms with van der Waals surface area (Å²) in [6.07, 6.45) is 66.3. The zero-order valence-corrected chi connectivity index (χ0v) is 43.0. The van der Waals surface area contributed by atoms with Crippen LogP contribution in [0.1, 0.15) is 278 Å². The molecular formula is C59H104O6. The van der Waals surface area contributed by atoms with E-state index >= 15 is 0 Å². The fourth-order valence-corrected chi connectivity index (χ4v) is 7.73. The molecule has 0 bridgehead atoms. The van der Waals surface area contributed by atoms with E-state index < -0.39 is 6.10 Å². The molecule has 0 aliphatic rings. The summed E-state index contributed by atoms with van der Waals surface area (Å²) in [6.45, 7) is 6.58. The van der Waals surface area contributed by atoms with Gasteiger partial charge in [0.1, 0.15) is 13.2 Å². The first-order valence-electron chi connectivity index (χ1n) is 27.8. The molecule has 0 unspecified atom stereocenters. The third kappa shape index (κ3) is 51.9. The first kappa shape index (κ1) is 62.1. The number of hydrogen-bond acceptors (Lipinski definition) is 6. The summed E-state index contributed by atoms with van der Waals surface area (Å²) in [6, 6.07) is 0. The molecule has 0 aliphatic heterocycles. The molecular weight excluding hydrogens is 805 g/mol. The Bertz CT molecular complexity index is 1180. The zero-order chi connectivity index (χ0) is 47.2. The average molecular weight is 909 g/mol. The van der Waals surface area contributed by atoms with E-state index in [4.69, 9.17) is 14.2 Å². The molecule has 0 aromatic rings. The predicted octanol–water partition coefficient (Wildman–Crippen LogP) is 18.4. The Labute approximate surface area is 402 Å². The number of allylic oxidation sites excluding steroid dienone is 10. The Kier molecular flexibility index (Phi) is 51.3. The van der Waals surface area contributed by atoms with Crippen molar-refractivity contribution in [3.63, 3.8) is 0 Å². The highest BCUT2D eigenvalue weighted by atomic mass is 16.6. The van der Waals surface area contributed by atoms with Crippen LogP contribution in [0.25, 0.3) is 0 Å². The van der Waals surface area contributed by atoms with Crippen LogP contribution in [0.3, 0.4) is 0 Å². The minimum absolute atomic E-state index is 0.0885. The maximum Gasteiger partial charge on any atom is 0.306 e. The van der Waals surface area contributed by atoms with Crippen molar-refractivity contribution in [3.05, 3.63) is 60.8 Å². The SMILES string of the molecule is CCCCC/C=C\C/C=C\C/C=C\CCCCCCC(=O)OC[C@@H](COC(=O)CCCCCCC/C=C\CCCCCCC)OC(=O)CCCCCCC/C=C\CCCCCCCCC. The van der Waals surface area contributed by atoms with Crippen LogP contribution >= 0.6 is 0 Å². The lowest BCUT2D eigenvalue weighted by Crippen LogP contribution is -2.30. The summed E-state index contributed by atoms with van der Waals surface area (Å²) in [5, 5.41) is 0. The van der Waals surface area contributed by atoms with Crippen molar-refractivity contribution >= 4 is 17.9 Å². The van der Waals surface area contributed by atoms with Crippen LogP contribution in [0.4, 0.5) is 0 Å². The van der Waals surface area contributed by atoms with Crippen LogP contribution < -0.4 is 0 Å². The second-order valence-electron chi connectivity index (χ2n) is 18.5. The average Bonchev–Trinajstić information content (AvgIpc) is 3.30. The van der Waals surface area contributed by atoms with Crippen LogP contribution in [0.5, 0.6) is 0 Å². The second-order valence-corrected chi connectivity index (χ2v) is 18.5. The largest absolute Gasteiger partial charge is 0.462 e. The highest BCUT2D eigenvalue weighted by molar-refractivity contribution is 5.71. The normalized spacial score (nSPS) is 12.5. The van der Waals surface area contributed by atoms with Gasteiger partial charge >= 0.3 is 17.9 Å². The molecule has 0 saturated carbocycles. The van der Waals surface area contributed by atoms with E-state index in [9.17, 15) is 14.4 Å². The summed E-state index contributed by atoms with van der Waals surface area (Å²) < 4.78 is 16.8. The zero-order valence-electron chi connectivity index (χ0n) is 43.0. The topological polar surface area (TPSA) is 78.9 Å². The smallest absolute Gasteiger partial charge is 0.306 e. The highest BCUT2D eigenvalue weighted by Gasteiger charge is 2.19. The van der Waals surface area contributed by atoms with Gasteiger partial charge in [0, 0.05) is 19.3 Å². The predicted molar refractivity (Wildman–Crippen MR) is 279 cm³/mol. The maximum atomic E-state index is 12.8. The summed E-state index contributed by atoms with van der Waals surface area (Å²) in [5.41, 5.74) is 0.